The van der Waals surface area contributed by atoms with Crippen molar-refractivity contribution in [3.63, 3.8) is 0 Å². The van der Waals surface area contributed by atoms with Crippen molar-refractivity contribution in [2.75, 3.05) is 11.1 Å². The van der Waals surface area contributed by atoms with Crippen molar-refractivity contribution < 1.29 is 4.39 Å². The van der Waals surface area contributed by atoms with Gasteiger partial charge in [0, 0.05) is 10.6 Å². The van der Waals surface area contributed by atoms with Gasteiger partial charge in [0.25, 0.3) is 0 Å². The Labute approximate surface area is 130 Å². The van der Waals surface area contributed by atoms with Crippen molar-refractivity contribution in [2.45, 2.75) is 30.7 Å². The molecule has 1 nitrogen and oxygen atoms in total. The average Bonchev–Trinajstić information content (AvgIpc) is 3.32. The van der Waals surface area contributed by atoms with Gasteiger partial charge in [-0.1, -0.05) is 31.2 Å². The van der Waals surface area contributed by atoms with Gasteiger partial charge in [-0.15, -0.1) is 11.8 Å². The summed E-state index contributed by atoms with van der Waals surface area (Å²) in [5, 5.41) is 3.69. The summed E-state index contributed by atoms with van der Waals surface area (Å²) in [6.45, 7) is 2.17. The summed E-state index contributed by atoms with van der Waals surface area (Å²) in [5.41, 5.74) is 2.36. The zero-order valence-corrected chi connectivity index (χ0v) is 13.0. The molecular weight excluding hydrogens is 281 g/mol. The predicted molar refractivity (Wildman–Crippen MR) is 88.3 cm³/mol. The molecule has 0 aromatic heterocycles. The van der Waals surface area contributed by atoms with Crippen LogP contribution in [0.15, 0.2) is 53.4 Å². The van der Waals surface area contributed by atoms with Gasteiger partial charge >= 0.3 is 0 Å². The van der Waals surface area contributed by atoms with Crippen LogP contribution in [0, 0.1) is 11.7 Å². The second-order valence-corrected chi connectivity index (χ2v) is 6.75. The highest BCUT2D eigenvalue weighted by Gasteiger charge is 2.32. The van der Waals surface area contributed by atoms with Crippen molar-refractivity contribution in [2.24, 2.45) is 5.92 Å². The number of halogens is 1. The Balaban J connectivity index is 1.84. The molecule has 0 saturated heterocycles. The summed E-state index contributed by atoms with van der Waals surface area (Å²) in [4.78, 5) is 1.28. The Kier molecular flexibility index (Phi) is 4.49. The van der Waals surface area contributed by atoms with Gasteiger partial charge in [0.2, 0.25) is 0 Å². The molecule has 1 unspecified atom stereocenters. The van der Waals surface area contributed by atoms with Gasteiger partial charge in [0.05, 0.1) is 6.04 Å². The number of hydrogen-bond donors (Lipinski definition) is 1. The third kappa shape index (κ3) is 3.59. The smallest absolute Gasteiger partial charge is 0.123 e. The van der Waals surface area contributed by atoms with Crippen molar-refractivity contribution in [1.29, 1.82) is 0 Å². The minimum Gasteiger partial charge on any atom is -0.377 e. The van der Waals surface area contributed by atoms with Crippen LogP contribution in [-0.2, 0) is 0 Å². The number of hydrogen-bond acceptors (Lipinski definition) is 2. The molecule has 1 saturated carbocycles. The second kappa shape index (κ2) is 6.52. The molecule has 0 amide bonds. The van der Waals surface area contributed by atoms with E-state index in [0.717, 1.165) is 5.75 Å². The first-order valence-electron chi connectivity index (χ1n) is 7.51. The molecule has 21 heavy (non-hydrogen) atoms. The summed E-state index contributed by atoms with van der Waals surface area (Å²) in [6, 6.07) is 15.6. The van der Waals surface area contributed by atoms with Gasteiger partial charge in [-0.2, -0.15) is 0 Å². The Bertz CT molecular complexity index is 592. The molecule has 0 spiro atoms. The van der Waals surface area contributed by atoms with Crippen LogP contribution in [0.25, 0.3) is 0 Å². The minimum absolute atomic E-state index is 0.171. The van der Waals surface area contributed by atoms with Crippen LogP contribution in [0.1, 0.15) is 31.4 Å². The molecule has 1 fully saturated rings. The lowest BCUT2D eigenvalue weighted by Crippen LogP contribution is -2.13. The maximum absolute atomic E-state index is 13.1. The molecule has 0 heterocycles. The molecule has 3 heteroatoms. The van der Waals surface area contributed by atoms with Crippen molar-refractivity contribution in [3.05, 3.63) is 59.9 Å². The van der Waals surface area contributed by atoms with Crippen LogP contribution < -0.4 is 5.32 Å². The molecule has 0 radical (unpaired) electrons. The largest absolute Gasteiger partial charge is 0.377 e. The summed E-state index contributed by atoms with van der Waals surface area (Å²) in [5.74, 6) is 1.55. The lowest BCUT2D eigenvalue weighted by Gasteiger charge is -2.22. The van der Waals surface area contributed by atoms with E-state index in [9.17, 15) is 4.39 Å². The molecule has 1 aliphatic carbocycles. The molecular formula is C18H20FNS. The van der Waals surface area contributed by atoms with E-state index < -0.39 is 0 Å². The van der Waals surface area contributed by atoms with E-state index in [4.69, 9.17) is 0 Å². The highest BCUT2D eigenvalue weighted by molar-refractivity contribution is 7.99. The first-order valence-corrected chi connectivity index (χ1v) is 8.50. The number of para-hydroxylation sites is 1. The highest BCUT2D eigenvalue weighted by Crippen LogP contribution is 2.44. The molecule has 3 rings (SSSR count). The maximum atomic E-state index is 13.1. The number of benzene rings is 2. The Morgan fingerprint density at radius 2 is 1.86 bits per heavy atom. The van der Waals surface area contributed by atoms with Gasteiger partial charge in [0.15, 0.2) is 0 Å². The zero-order valence-electron chi connectivity index (χ0n) is 12.2. The van der Waals surface area contributed by atoms with Gasteiger partial charge in [-0.05, 0) is 54.3 Å². The van der Waals surface area contributed by atoms with Crippen LogP contribution in [0.2, 0.25) is 0 Å². The van der Waals surface area contributed by atoms with Crippen molar-refractivity contribution in [1.82, 2.24) is 0 Å². The standard InChI is InChI=1S/C18H20FNS/c1-2-21-17-6-4-3-5-16(17)20-18(13-7-8-13)14-9-11-15(19)12-10-14/h3-6,9-13,18,20H,2,7-8H2,1H3. The molecule has 0 bridgehead atoms. The highest BCUT2D eigenvalue weighted by atomic mass is 32.2. The van der Waals surface area contributed by atoms with Gasteiger partial charge in [0.1, 0.15) is 5.82 Å². The van der Waals surface area contributed by atoms with Crippen LogP contribution in [0.3, 0.4) is 0 Å². The van der Waals surface area contributed by atoms with Gasteiger partial charge in [-0.25, -0.2) is 4.39 Å². The fourth-order valence-electron chi connectivity index (χ4n) is 2.61. The number of nitrogens with one attached hydrogen (secondary N) is 1. The molecule has 0 aliphatic heterocycles. The van der Waals surface area contributed by atoms with Crippen molar-refractivity contribution >= 4 is 17.4 Å². The van der Waals surface area contributed by atoms with Gasteiger partial charge < -0.3 is 5.32 Å². The average molecular weight is 301 g/mol. The zero-order chi connectivity index (χ0) is 14.7. The first-order chi connectivity index (χ1) is 10.3. The molecule has 110 valence electrons. The van der Waals surface area contributed by atoms with E-state index in [-0.39, 0.29) is 11.9 Å². The molecule has 2 aromatic rings. The second-order valence-electron chi connectivity index (χ2n) is 5.44. The van der Waals surface area contributed by atoms with Gasteiger partial charge in [-0.3, -0.25) is 0 Å². The fourth-order valence-corrected chi connectivity index (χ4v) is 3.38. The SMILES string of the molecule is CCSc1ccccc1NC(c1ccc(F)cc1)C1CC1. The first kappa shape index (κ1) is 14.5. The third-order valence-corrected chi connectivity index (χ3v) is 4.78. The summed E-state index contributed by atoms with van der Waals surface area (Å²) >= 11 is 1.85. The third-order valence-electron chi connectivity index (χ3n) is 3.82. The summed E-state index contributed by atoms with van der Waals surface area (Å²) < 4.78 is 13.1. The molecule has 1 atom stereocenters. The van der Waals surface area contributed by atoms with E-state index in [1.807, 2.05) is 23.9 Å². The Hall–Kier alpha value is -1.48. The Morgan fingerprint density at radius 1 is 1.14 bits per heavy atom. The Morgan fingerprint density at radius 3 is 2.52 bits per heavy atom. The number of anilines is 1. The van der Waals surface area contributed by atoms with Crippen LogP contribution in [0.5, 0.6) is 0 Å². The van der Waals surface area contributed by atoms with Crippen LogP contribution in [0.4, 0.5) is 10.1 Å². The fraction of sp³-hybridized carbons (Fsp3) is 0.333. The van der Waals surface area contributed by atoms with Crippen LogP contribution in [-0.4, -0.2) is 5.75 Å². The topological polar surface area (TPSA) is 12.0 Å². The number of rotatable bonds is 6. The maximum Gasteiger partial charge on any atom is 0.123 e. The molecule has 1 N–H and O–H groups in total. The lowest BCUT2D eigenvalue weighted by molar-refractivity contribution is 0.622. The van der Waals surface area contributed by atoms with E-state index in [1.165, 1.54) is 29.0 Å². The van der Waals surface area contributed by atoms with Crippen molar-refractivity contribution in [3.8, 4) is 0 Å². The van der Waals surface area contributed by atoms with E-state index in [1.54, 1.807) is 12.1 Å². The predicted octanol–water partition coefficient (Wildman–Crippen LogP) is 5.50. The monoisotopic (exact) mass is 301 g/mol. The van der Waals surface area contributed by atoms with E-state index in [2.05, 4.69) is 36.5 Å². The quantitative estimate of drug-likeness (QED) is 0.707. The van der Waals surface area contributed by atoms with E-state index in [0.29, 0.717) is 5.92 Å². The molecule has 2 aromatic carbocycles. The summed E-state index contributed by atoms with van der Waals surface area (Å²) in [6.07, 6.45) is 2.50. The normalized spacial score (nSPS) is 15.7. The molecule has 1 aliphatic rings. The summed E-state index contributed by atoms with van der Waals surface area (Å²) in [7, 11) is 0. The van der Waals surface area contributed by atoms with E-state index >= 15 is 0 Å². The van der Waals surface area contributed by atoms with Crippen LogP contribution >= 0.6 is 11.8 Å². The number of thioether (sulfide) groups is 1. The minimum atomic E-state index is -0.171. The lowest BCUT2D eigenvalue weighted by atomic mass is 10.0.